The smallest absolute Gasteiger partial charge is 0.256 e. The number of rotatable bonds is 7. The van der Waals surface area contributed by atoms with E-state index in [0.29, 0.717) is 74.6 Å². The van der Waals surface area contributed by atoms with E-state index in [-0.39, 0.29) is 23.6 Å². The Labute approximate surface area is 262 Å². The summed E-state index contributed by atoms with van der Waals surface area (Å²) in [6.07, 6.45) is 3.35. The monoisotopic (exact) mass is 642 g/mol. The molecule has 6 rings (SSSR count). The van der Waals surface area contributed by atoms with Crippen molar-refractivity contribution in [3.8, 4) is 0 Å². The van der Waals surface area contributed by atoms with Gasteiger partial charge in [0.15, 0.2) is 0 Å². The van der Waals surface area contributed by atoms with Crippen LogP contribution in [0.4, 0.5) is 10.1 Å². The zero-order valence-corrected chi connectivity index (χ0v) is 26.3. The fourth-order valence-corrected chi connectivity index (χ4v) is 8.30. The zero-order valence-electron chi connectivity index (χ0n) is 24.0. The summed E-state index contributed by atoms with van der Waals surface area (Å²) in [4.78, 5) is 34.8. The van der Waals surface area contributed by atoms with Gasteiger partial charge in [0.2, 0.25) is 0 Å². The quantitative estimate of drug-likeness (QED) is 0.293. The van der Waals surface area contributed by atoms with Crippen LogP contribution in [-0.4, -0.2) is 69.2 Å². The molecule has 43 heavy (non-hydrogen) atoms. The zero-order chi connectivity index (χ0) is 30.4. The van der Waals surface area contributed by atoms with Crippen molar-refractivity contribution in [2.24, 2.45) is 0 Å². The molecule has 3 aliphatic heterocycles. The molecule has 7 nitrogen and oxygen atoms in total. The summed E-state index contributed by atoms with van der Waals surface area (Å²) in [5.41, 5.74) is 5.06. The minimum atomic E-state index is -1.46. The lowest BCUT2D eigenvalue weighted by Crippen LogP contribution is -2.43. The number of alkyl halides is 1. The van der Waals surface area contributed by atoms with Crippen molar-refractivity contribution in [3.05, 3.63) is 80.1 Å². The fourth-order valence-electron chi connectivity index (χ4n) is 6.41. The van der Waals surface area contributed by atoms with Crippen molar-refractivity contribution in [1.82, 2.24) is 14.8 Å². The number of fused-ring (bicyclic) bond motifs is 1. The molecule has 226 valence electrons. The molecule has 2 aromatic carbocycles. The first-order valence-electron chi connectivity index (χ1n) is 14.5. The van der Waals surface area contributed by atoms with Crippen LogP contribution in [0.25, 0.3) is 11.6 Å². The van der Waals surface area contributed by atoms with Crippen LogP contribution in [0.2, 0.25) is 10.0 Å². The molecule has 1 unspecified atom stereocenters. The van der Waals surface area contributed by atoms with E-state index < -0.39 is 17.0 Å². The molecule has 1 aromatic heterocycles. The van der Waals surface area contributed by atoms with Crippen LogP contribution in [0.15, 0.2) is 41.3 Å². The van der Waals surface area contributed by atoms with Crippen molar-refractivity contribution >= 4 is 63.2 Å². The number of hydrogen-bond donors (Lipinski definition) is 2. The van der Waals surface area contributed by atoms with Gasteiger partial charge in [-0.1, -0.05) is 29.3 Å². The Bertz CT molecular complexity index is 1650. The van der Waals surface area contributed by atoms with Gasteiger partial charge in [0.25, 0.3) is 11.8 Å². The van der Waals surface area contributed by atoms with Crippen LogP contribution in [0, 0.1) is 13.8 Å². The number of likely N-dealkylation sites (tertiary alicyclic amines) is 2. The second-order valence-electron chi connectivity index (χ2n) is 11.5. The predicted octanol–water partition coefficient (Wildman–Crippen LogP) is 6.39. The number of hydrogen-bond acceptors (Lipinski definition) is 4. The van der Waals surface area contributed by atoms with E-state index in [2.05, 4.69) is 15.2 Å². The number of amides is 2. The predicted molar refractivity (Wildman–Crippen MR) is 170 cm³/mol. The van der Waals surface area contributed by atoms with E-state index in [0.717, 1.165) is 30.6 Å². The molecular weight excluding hydrogens is 610 g/mol. The number of carbonyl (C=O) groups excluding carboxylic acids is 2. The highest BCUT2D eigenvalue weighted by molar-refractivity contribution is 7.84. The van der Waals surface area contributed by atoms with Crippen molar-refractivity contribution < 1.29 is 18.2 Å². The summed E-state index contributed by atoms with van der Waals surface area (Å²) in [6, 6.07) is 10.5. The minimum Gasteiger partial charge on any atom is -0.358 e. The number of nitrogens with one attached hydrogen (secondary N) is 2. The van der Waals surface area contributed by atoms with Gasteiger partial charge >= 0.3 is 0 Å². The number of H-pyrrole nitrogens is 1. The van der Waals surface area contributed by atoms with Gasteiger partial charge in [-0.05, 0) is 75.1 Å². The molecule has 2 amide bonds. The number of aryl methyl sites for hydroxylation is 1. The van der Waals surface area contributed by atoms with Crippen LogP contribution in [0.3, 0.4) is 0 Å². The molecule has 0 radical (unpaired) electrons. The van der Waals surface area contributed by atoms with Crippen molar-refractivity contribution in [1.29, 1.82) is 0 Å². The van der Waals surface area contributed by atoms with Crippen LogP contribution < -0.4 is 5.32 Å². The maximum absolute atomic E-state index is 13.8. The van der Waals surface area contributed by atoms with E-state index in [1.807, 2.05) is 18.7 Å². The van der Waals surface area contributed by atoms with Gasteiger partial charge in [0, 0.05) is 75.4 Å². The first kappa shape index (κ1) is 30.1. The van der Waals surface area contributed by atoms with Crippen molar-refractivity contribution in [3.63, 3.8) is 0 Å². The third-order valence-corrected chi connectivity index (χ3v) is 10.7. The minimum absolute atomic E-state index is 0.0402. The Balaban J connectivity index is 1.26. The van der Waals surface area contributed by atoms with E-state index in [1.54, 1.807) is 42.5 Å². The Morgan fingerprint density at radius 1 is 1.14 bits per heavy atom. The van der Waals surface area contributed by atoms with Gasteiger partial charge in [-0.25, -0.2) is 4.39 Å². The Morgan fingerprint density at radius 2 is 1.91 bits per heavy atom. The second kappa shape index (κ2) is 12.2. The highest BCUT2D eigenvalue weighted by Crippen LogP contribution is 2.37. The topological polar surface area (TPSA) is 85.5 Å². The number of anilines is 1. The number of nitrogens with zero attached hydrogens (tertiary/aromatic N) is 2. The third-order valence-electron chi connectivity index (χ3n) is 8.67. The highest BCUT2D eigenvalue weighted by atomic mass is 35.5. The van der Waals surface area contributed by atoms with Crippen LogP contribution in [0.1, 0.15) is 57.7 Å². The molecule has 3 aliphatic rings. The molecule has 3 atom stereocenters. The summed E-state index contributed by atoms with van der Waals surface area (Å²) in [5, 5.41) is 3.79. The van der Waals surface area contributed by atoms with Crippen LogP contribution in [0.5, 0.6) is 0 Å². The Kier molecular flexibility index (Phi) is 8.52. The van der Waals surface area contributed by atoms with Gasteiger partial charge in [-0.3, -0.25) is 18.7 Å². The van der Waals surface area contributed by atoms with Gasteiger partial charge in [-0.2, -0.15) is 0 Å². The average Bonchev–Trinajstić information content (AvgIpc) is 3.73. The van der Waals surface area contributed by atoms with Crippen molar-refractivity contribution in [2.45, 2.75) is 56.0 Å². The molecule has 3 aromatic rings. The number of aromatic nitrogens is 1. The SMILES string of the molecule is Cc1[nH]c(C=C2C(=O)Nc3ccc(S(=O)Cc4c(Cl)cccc4Cl)cc32)c(C)c1C(=O)N1CCC[C@H]1CN1CC[C@@H](F)C1. The molecule has 11 heteroatoms. The van der Waals surface area contributed by atoms with Crippen LogP contribution >= 0.6 is 23.2 Å². The summed E-state index contributed by atoms with van der Waals surface area (Å²) in [6.45, 7) is 6.28. The first-order chi connectivity index (χ1) is 20.6. The lowest BCUT2D eigenvalue weighted by molar-refractivity contribution is -0.110. The number of aromatic amines is 1. The molecule has 2 N–H and O–H groups in total. The molecule has 0 saturated carbocycles. The van der Waals surface area contributed by atoms with Gasteiger partial charge in [0.05, 0.1) is 27.7 Å². The lowest BCUT2D eigenvalue weighted by atomic mass is 10.0. The van der Waals surface area contributed by atoms with E-state index in [9.17, 15) is 18.2 Å². The number of benzene rings is 2. The molecule has 0 aliphatic carbocycles. The van der Waals surface area contributed by atoms with E-state index in [4.69, 9.17) is 23.2 Å². The molecule has 2 saturated heterocycles. The summed E-state index contributed by atoms with van der Waals surface area (Å²) >= 11 is 12.6. The van der Waals surface area contributed by atoms with Crippen molar-refractivity contribution in [2.75, 3.05) is 31.5 Å². The molecule has 0 bridgehead atoms. The van der Waals surface area contributed by atoms with Gasteiger partial charge in [-0.15, -0.1) is 0 Å². The van der Waals surface area contributed by atoms with Crippen LogP contribution in [-0.2, 0) is 21.3 Å². The lowest BCUT2D eigenvalue weighted by Gasteiger charge is -2.28. The fraction of sp³-hybridized carbons (Fsp3) is 0.375. The summed E-state index contributed by atoms with van der Waals surface area (Å²) < 4.78 is 27.1. The van der Waals surface area contributed by atoms with E-state index in [1.165, 1.54) is 0 Å². The second-order valence-corrected chi connectivity index (χ2v) is 13.8. The molecule has 4 heterocycles. The largest absolute Gasteiger partial charge is 0.358 e. The van der Waals surface area contributed by atoms with E-state index >= 15 is 0 Å². The molecule has 2 fully saturated rings. The average molecular weight is 644 g/mol. The normalized spacial score (nSPS) is 21.9. The number of carbonyl (C=O) groups is 2. The number of halogens is 3. The highest BCUT2D eigenvalue weighted by Gasteiger charge is 2.35. The summed E-state index contributed by atoms with van der Waals surface area (Å²) in [5.74, 6) is -0.175. The molecular formula is C32H33Cl2FN4O3S. The van der Waals surface area contributed by atoms with Gasteiger partial charge < -0.3 is 15.2 Å². The Morgan fingerprint density at radius 3 is 2.63 bits per heavy atom. The molecule has 0 spiro atoms. The Hall–Kier alpha value is -2.98. The maximum Gasteiger partial charge on any atom is 0.256 e. The maximum atomic E-state index is 13.8. The standard InChI is InChI=1S/C32H33Cl2FN4O3S/c1-18-29(36-19(2)30(18)32(41)39-11-4-5-21(39)16-38-12-10-20(35)15-38)14-24-23-13-22(8-9-28(23)37-31(24)40)43(42)17-25-26(33)6-3-7-27(25)34/h3,6-9,13-14,20-21,36H,4-5,10-12,15-17H2,1-2H3,(H,37,40)/t20-,21+,43?/m1/s1. The first-order valence-corrected chi connectivity index (χ1v) is 16.5. The van der Waals surface area contributed by atoms with Gasteiger partial charge in [0.1, 0.15) is 6.17 Å². The summed E-state index contributed by atoms with van der Waals surface area (Å²) in [7, 11) is -1.46. The third kappa shape index (κ3) is 5.92.